The van der Waals surface area contributed by atoms with E-state index in [4.69, 9.17) is 4.74 Å². The topological polar surface area (TPSA) is 101 Å². The zero-order valence-corrected chi connectivity index (χ0v) is 16.2. The number of amides is 1. The molecule has 8 heteroatoms. The molecule has 0 aliphatic heterocycles. The molecule has 0 saturated carbocycles. The molecule has 0 aliphatic carbocycles. The third-order valence-corrected chi connectivity index (χ3v) is 4.74. The quantitative estimate of drug-likeness (QED) is 0.623. The number of unbranched alkanes of at least 4 members (excludes halogenated alkanes) is 1. The highest BCUT2D eigenvalue weighted by atomic mass is 16.5. The number of carbonyl (C=O) groups is 1. The molecule has 0 aliphatic rings. The molecule has 8 nitrogen and oxygen atoms in total. The number of carbonyl (C=O) groups excluding carboxylic acids is 1. The number of benzene rings is 1. The Morgan fingerprint density at radius 1 is 1.32 bits per heavy atom. The Morgan fingerprint density at radius 2 is 2.07 bits per heavy atom. The monoisotopic (exact) mass is 383 g/mol. The van der Waals surface area contributed by atoms with Gasteiger partial charge in [-0.3, -0.25) is 10.1 Å². The number of nitrogens with one attached hydrogen (secondary N) is 2. The number of ether oxygens (including phenoxy) is 1. The lowest BCUT2D eigenvalue weighted by atomic mass is 10.0. The van der Waals surface area contributed by atoms with Crippen molar-refractivity contribution in [2.75, 3.05) is 11.9 Å². The van der Waals surface area contributed by atoms with Crippen LogP contribution in [-0.2, 0) is 4.74 Å². The minimum Gasteiger partial charge on any atom is -0.449 e. The Labute approximate surface area is 162 Å². The summed E-state index contributed by atoms with van der Waals surface area (Å²) in [5.74, 6) is 0.865. The molecule has 0 spiro atoms. The van der Waals surface area contributed by atoms with E-state index in [0.29, 0.717) is 29.7 Å². The van der Waals surface area contributed by atoms with Crippen molar-refractivity contribution in [3.05, 3.63) is 39.8 Å². The second kappa shape index (κ2) is 8.69. The molecular formula is C20H25N5O3. The minimum atomic E-state index is -0.458. The summed E-state index contributed by atoms with van der Waals surface area (Å²) in [5, 5.41) is 9.79. The van der Waals surface area contributed by atoms with Crippen LogP contribution < -0.4 is 16.1 Å². The van der Waals surface area contributed by atoms with Gasteiger partial charge < -0.3 is 4.74 Å². The first-order chi connectivity index (χ1) is 13.5. The van der Waals surface area contributed by atoms with Crippen LogP contribution in [0.2, 0.25) is 0 Å². The Hall–Kier alpha value is -3.16. The van der Waals surface area contributed by atoms with Crippen LogP contribution in [0.1, 0.15) is 39.5 Å². The van der Waals surface area contributed by atoms with Gasteiger partial charge in [0.2, 0.25) is 0 Å². The van der Waals surface area contributed by atoms with Crippen LogP contribution in [0.25, 0.3) is 23.6 Å². The molecule has 2 aromatic heterocycles. The van der Waals surface area contributed by atoms with Crippen LogP contribution in [-0.4, -0.2) is 32.5 Å². The van der Waals surface area contributed by atoms with E-state index in [0.717, 1.165) is 31.2 Å². The average molecular weight is 383 g/mol. The van der Waals surface area contributed by atoms with Gasteiger partial charge in [0.05, 0.1) is 11.8 Å². The predicted molar refractivity (Wildman–Crippen MR) is 108 cm³/mol. The largest absolute Gasteiger partial charge is 0.449 e. The van der Waals surface area contributed by atoms with Crippen LogP contribution in [0.5, 0.6) is 0 Å². The summed E-state index contributed by atoms with van der Waals surface area (Å²) in [6, 6.07) is 7.09. The van der Waals surface area contributed by atoms with E-state index in [1.165, 1.54) is 4.63 Å². The van der Waals surface area contributed by atoms with Crippen LogP contribution in [0.4, 0.5) is 10.5 Å². The van der Waals surface area contributed by atoms with Crippen molar-refractivity contribution in [1.29, 1.82) is 0 Å². The van der Waals surface area contributed by atoms with E-state index in [1.807, 2.05) is 0 Å². The molecule has 1 atom stereocenters. The zero-order valence-electron chi connectivity index (χ0n) is 16.2. The van der Waals surface area contributed by atoms with E-state index in [-0.39, 0.29) is 10.8 Å². The summed E-state index contributed by atoms with van der Waals surface area (Å²) in [4.78, 5) is 27.8. The number of fused-ring (bicyclic) bond motifs is 1. The lowest BCUT2D eigenvalue weighted by Gasteiger charge is -2.15. The van der Waals surface area contributed by atoms with E-state index in [2.05, 4.69) is 40.9 Å². The third-order valence-electron chi connectivity index (χ3n) is 4.74. The average Bonchev–Trinajstić information content (AvgIpc) is 3.22. The fourth-order valence-corrected chi connectivity index (χ4v) is 2.92. The highest BCUT2D eigenvalue weighted by Gasteiger charge is 2.12. The smallest absolute Gasteiger partial charge is 0.411 e. The second-order valence-corrected chi connectivity index (χ2v) is 6.81. The number of aromatic nitrogens is 4. The first-order valence-corrected chi connectivity index (χ1v) is 9.53. The van der Waals surface area contributed by atoms with Gasteiger partial charge in [-0.15, -0.1) is 9.73 Å². The first-order valence-electron chi connectivity index (χ1n) is 9.53. The van der Waals surface area contributed by atoms with E-state index < -0.39 is 6.09 Å². The molecule has 148 valence electrons. The van der Waals surface area contributed by atoms with Crippen molar-refractivity contribution in [3.63, 3.8) is 0 Å². The van der Waals surface area contributed by atoms with E-state index >= 15 is 0 Å². The highest BCUT2D eigenvalue weighted by Crippen LogP contribution is 2.19. The normalized spacial score (nSPS) is 12.2. The lowest BCUT2D eigenvalue weighted by molar-refractivity contribution is 0.136. The van der Waals surface area contributed by atoms with Crippen LogP contribution in [0.15, 0.2) is 29.1 Å². The SMILES string of the molecule is C=c1c(=O)[nH]n2nc(-c3ccc(NC(=O)OCC(CC)CCCC)cc3)nc12. The summed E-state index contributed by atoms with van der Waals surface area (Å²) in [6.07, 6.45) is 3.90. The molecule has 28 heavy (non-hydrogen) atoms. The summed E-state index contributed by atoms with van der Waals surface area (Å²) < 4.78 is 6.66. The number of hydrogen-bond acceptors (Lipinski definition) is 5. The maximum absolute atomic E-state index is 12.0. The van der Waals surface area contributed by atoms with Crippen molar-refractivity contribution in [3.8, 4) is 11.4 Å². The molecule has 0 saturated heterocycles. The number of aromatic amines is 1. The van der Waals surface area contributed by atoms with Gasteiger partial charge in [0, 0.05) is 11.3 Å². The van der Waals surface area contributed by atoms with Gasteiger partial charge >= 0.3 is 6.09 Å². The summed E-state index contributed by atoms with van der Waals surface area (Å²) >= 11 is 0. The van der Waals surface area contributed by atoms with Gasteiger partial charge in [-0.2, -0.15) is 0 Å². The number of anilines is 1. The highest BCUT2D eigenvalue weighted by molar-refractivity contribution is 5.85. The summed E-state index contributed by atoms with van der Waals surface area (Å²) in [6.45, 7) is 8.38. The van der Waals surface area contributed by atoms with Gasteiger partial charge in [0.25, 0.3) is 5.56 Å². The minimum absolute atomic E-state index is 0.282. The number of rotatable bonds is 8. The van der Waals surface area contributed by atoms with Gasteiger partial charge in [-0.1, -0.05) is 39.7 Å². The van der Waals surface area contributed by atoms with Gasteiger partial charge in [-0.25, -0.2) is 14.9 Å². The van der Waals surface area contributed by atoms with Crippen LogP contribution >= 0.6 is 0 Å². The Balaban J connectivity index is 1.59. The Bertz CT molecular complexity index is 1040. The Kier molecular flexibility index (Phi) is 6.08. The molecule has 0 bridgehead atoms. The third kappa shape index (κ3) is 4.39. The van der Waals surface area contributed by atoms with Crippen molar-refractivity contribution in [2.24, 2.45) is 5.92 Å². The predicted octanol–water partition coefficient (Wildman–Crippen LogP) is 2.98. The van der Waals surface area contributed by atoms with E-state index in [1.54, 1.807) is 24.3 Å². The number of H-pyrrole nitrogens is 1. The summed E-state index contributed by atoms with van der Waals surface area (Å²) in [7, 11) is 0. The number of hydrogen-bond donors (Lipinski definition) is 2. The van der Waals surface area contributed by atoms with Crippen LogP contribution in [0, 0.1) is 5.92 Å². The van der Waals surface area contributed by atoms with Crippen molar-refractivity contribution in [2.45, 2.75) is 39.5 Å². The van der Waals surface area contributed by atoms with Crippen molar-refractivity contribution < 1.29 is 9.53 Å². The molecule has 1 unspecified atom stereocenters. The zero-order chi connectivity index (χ0) is 20.1. The van der Waals surface area contributed by atoms with Crippen LogP contribution in [0.3, 0.4) is 0 Å². The second-order valence-electron chi connectivity index (χ2n) is 6.81. The molecular weight excluding hydrogens is 358 g/mol. The fraction of sp³-hybridized carbons (Fsp3) is 0.400. The molecule has 2 N–H and O–H groups in total. The fourth-order valence-electron chi connectivity index (χ4n) is 2.92. The number of nitrogens with zero attached hydrogens (tertiary/aromatic N) is 3. The van der Waals surface area contributed by atoms with Gasteiger partial charge in [-0.05, 0) is 36.6 Å². The first kappa shape index (κ1) is 19.6. The van der Waals surface area contributed by atoms with Crippen molar-refractivity contribution in [1.82, 2.24) is 19.8 Å². The molecule has 0 fully saturated rings. The lowest BCUT2D eigenvalue weighted by Crippen LogP contribution is -2.19. The molecule has 3 aromatic rings. The molecule has 2 heterocycles. The Morgan fingerprint density at radius 3 is 2.71 bits per heavy atom. The maximum atomic E-state index is 12.0. The molecule has 3 rings (SSSR count). The molecule has 1 amide bonds. The summed E-state index contributed by atoms with van der Waals surface area (Å²) in [5.41, 5.74) is 1.48. The van der Waals surface area contributed by atoms with Gasteiger partial charge in [0.1, 0.15) is 0 Å². The maximum Gasteiger partial charge on any atom is 0.411 e. The molecule has 0 radical (unpaired) electrons. The standard InChI is InChI=1S/C20H25N5O3/c1-4-6-7-14(5-2)12-28-20(27)21-16-10-8-15(9-11-16)17-22-18-13(3)19(26)24-25(18)23-17/h8-11,14H,3-7,12H2,1-2H3,(H,21,27)(H,24,26). The molecule has 1 aromatic carbocycles. The van der Waals surface area contributed by atoms with Crippen molar-refractivity contribution >= 4 is 24.0 Å². The van der Waals surface area contributed by atoms with Gasteiger partial charge in [0.15, 0.2) is 11.5 Å². The van der Waals surface area contributed by atoms with E-state index in [9.17, 15) is 9.59 Å².